The molecule has 0 amide bonds. The van der Waals surface area contributed by atoms with Gasteiger partial charge in [-0.3, -0.25) is 10.1 Å². The summed E-state index contributed by atoms with van der Waals surface area (Å²) in [7, 11) is 0. The third-order valence-electron chi connectivity index (χ3n) is 3.46. The molecule has 2 heterocycles. The molecule has 2 unspecified atom stereocenters. The maximum atomic E-state index is 10.7. The quantitative estimate of drug-likeness (QED) is 0.682. The molecule has 2 atom stereocenters. The van der Waals surface area contributed by atoms with E-state index in [9.17, 15) is 10.1 Å². The predicted molar refractivity (Wildman–Crippen MR) is 72.7 cm³/mol. The normalized spacial score (nSPS) is 20.1. The van der Waals surface area contributed by atoms with Crippen LogP contribution in [0, 0.1) is 10.1 Å². The maximum absolute atomic E-state index is 10.7. The average molecular weight is 277 g/mol. The van der Waals surface area contributed by atoms with Crippen LogP contribution in [0.2, 0.25) is 0 Å². The van der Waals surface area contributed by atoms with E-state index in [1.54, 1.807) is 6.07 Å². The highest BCUT2D eigenvalue weighted by Crippen LogP contribution is 2.25. The lowest BCUT2D eigenvalue weighted by Gasteiger charge is -2.18. The van der Waals surface area contributed by atoms with Crippen molar-refractivity contribution >= 4 is 22.8 Å². The summed E-state index contributed by atoms with van der Waals surface area (Å²) < 4.78 is 11.1. The number of aromatic nitrogens is 1. The molecule has 20 heavy (non-hydrogen) atoms. The Labute approximate surface area is 115 Å². The van der Waals surface area contributed by atoms with E-state index in [-0.39, 0.29) is 17.8 Å². The number of nitrogens with zero attached hydrogens (tertiary/aromatic N) is 2. The van der Waals surface area contributed by atoms with E-state index in [0.29, 0.717) is 17.1 Å². The molecule has 1 aliphatic heterocycles. The van der Waals surface area contributed by atoms with Gasteiger partial charge in [-0.15, -0.1) is 0 Å². The van der Waals surface area contributed by atoms with E-state index in [1.165, 1.54) is 12.1 Å². The lowest BCUT2D eigenvalue weighted by Crippen LogP contribution is -2.30. The minimum Gasteiger partial charge on any atom is -0.424 e. The Balaban J connectivity index is 1.79. The summed E-state index contributed by atoms with van der Waals surface area (Å²) in [5.41, 5.74) is 1.00. The van der Waals surface area contributed by atoms with E-state index >= 15 is 0 Å². The van der Waals surface area contributed by atoms with Crippen molar-refractivity contribution < 1.29 is 14.1 Å². The van der Waals surface area contributed by atoms with Crippen molar-refractivity contribution in [2.75, 3.05) is 11.9 Å². The Kier molecular flexibility index (Phi) is 3.27. The zero-order chi connectivity index (χ0) is 14.1. The summed E-state index contributed by atoms with van der Waals surface area (Å²) >= 11 is 0. The number of nitro groups is 1. The molecule has 0 spiro atoms. The molecule has 1 aliphatic rings. The van der Waals surface area contributed by atoms with E-state index in [2.05, 4.69) is 10.3 Å². The van der Waals surface area contributed by atoms with Crippen LogP contribution in [0.3, 0.4) is 0 Å². The number of nitrogens with one attached hydrogen (secondary N) is 1. The molecule has 7 nitrogen and oxygen atoms in total. The molecule has 1 aromatic heterocycles. The number of rotatable bonds is 4. The first-order valence-electron chi connectivity index (χ1n) is 6.56. The Morgan fingerprint density at radius 3 is 3.10 bits per heavy atom. The van der Waals surface area contributed by atoms with Crippen LogP contribution >= 0.6 is 0 Å². The molecule has 7 heteroatoms. The Bertz CT molecular complexity index is 634. The fraction of sp³-hybridized carbons (Fsp3) is 0.462. The zero-order valence-corrected chi connectivity index (χ0v) is 11.0. The van der Waals surface area contributed by atoms with Crippen molar-refractivity contribution in [2.24, 2.45) is 0 Å². The predicted octanol–water partition coefficient (Wildman–Crippen LogP) is 2.72. The Morgan fingerprint density at radius 1 is 1.55 bits per heavy atom. The van der Waals surface area contributed by atoms with Crippen LogP contribution < -0.4 is 5.32 Å². The summed E-state index contributed by atoms with van der Waals surface area (Å²) in [4.78, 5) is 14.5. The van der Waals surface area contributed by atoms with Crippen molar-refractivity contribution in [1.82, 2.24) is 4.98 Å². The van der Waals surface area contributed by atoms with Crippen LogP contribution in [0.1, 0.15) is 19.8 Å². The van der Waals surface area contributed by atoms with Crippen LogP contribution in [-0.2, 0) is 4.74 Å². The van der Waals surface area contributed by atoms with Crippen molar-refractivity contribution in [1.29, 1.82) is 0 Å². The summed E-state index contributed by atoms with van der Waals surface area (Å²) in [5, 5.41) is 13.9. The second-order valence-corrected chi connectivity index (χ2v) is 4.91. The fourth-order valence-electron chi connectivity index (χ4n) is 2.38. The summed E-state index contributed by atoms with van der Waals surface area (Å²) in [6, 6.07) is 4.81. The van der Waals surface area contributed by atoms with Gasteiger partial charge in [0.1, 0.15) is 5.52 Å². The number of oxazole rings is 1. The summed E-state index contributed by atoms with van der Waals surface area (Å²) in [6.45, 7) is 2.80. The lowest BCUT2D eigenvalue weighted by atomic mass is 10.1. The Morgan fingerprint density at radius 2 is 2.40 bits per heavy atom. The molecular formula is C13H15N3O4. The fourth-order valence-corrected chi connectivity index (χ4v) is 2.38. The molecule has 0 bridgehead atoms. The number of fused-ring (bicyclic) bond motifs is 1. The van der Waals surface area contributed by atoms with Gasteiger partial charge >= 0.3 is 0 Å². The maximum Gasteiger partial charge on any atom is 0.295 e. The number of nitro benzene ring substituents is 1. The first-order chi connectivity index (χ1) is 9.63. The number of hydrogen-bond acceptors (Lipinski definition) is 6. The van der Waals surface area contributed by atoms with Gasteiger partial charge in [0.2, 0.25) is 0 Å². The number of benzene rings is 1. The molecule has 1 saturated heterocycles. The molecule has 2 aromatic rings. The van der Waals surface area contributed by atoms with Gasteiger partial charge in [-0.25, -0.2) is 0 Å². The van der Waals surface area contributed by atoms with Crippen LogP contribution in [0.5, 0.6) is 0 Å². The number of anilines is 1. The second kappa shape index (κ2) is 5.09. The summed E-state index contributed by atoms with van der Waals surface area (Å²) in [5.74, 6) is 0. The topological polar surface area (TPSA) is 90.4 Å². The van der Waals surface area contributed by atoms with Crippen LogP contribution in [-0.4, -0.2) is 28.7 Å². The lowest BCUT2D eigenvalue weighted by molar-refractivity contribution is -0.384. The van der Waals surface area contributed by atoms with E-state index < -0.39 is 4.92 Å². The third kappa shape index (κ3) is 2.44. The zero-order valence-electron chi connectivity index (χ0n) is 11.0. The molecule has 0 aliphatic carbocycles. The van der Waals surface area contributed by atoms with E-state index in [4.69, 9.17) is 9.15 Å². The third-order valence-corrected chi connectivity index (χ3v) is 3.46. The molecule has 106 valence electrons. The van der Waals surface area contributed by atoms with Gasteiger partial charge in [0, 0.05) is 18.7 Å². The first-order valence-corrected chi connectivity index (χ1v) is 6.56. The first kappa shape index (κ1) is 12.9. The van der Waals surface area contributed by atoms with Crippen LogP contribution in [0.25, 0.3) is 11.1 Å². The Hall–Kier alpha value is -2.15. The molecule has 1 fully saturated rings. The largest absolute Gasteiger partial charge is 0.424 e. The van der Waals surface area contributed by atoms with Gasteiger partial charge in [0.25, 0.3) is 11.7 Å². The van der Waals surface area contributed by atoms with Gasteiger partial charge in [0.05, 0.1) is 17.1 Å². The highest BCUT2D eigenvalue weighted by molar-refractivity contribution is 5.77. The molecule has 1 N–H and O–H groups in total. The summed E-state index contributed by atoms with van der Waals surface area (Å²) in [6.07, 6.45) is 2.23. The average Bonchev–Trinajstić information content (AvgIpc) is 3.06. The van der Waals surface area contributed by atoms with Crippen LogP contribution in [0.4, 0.5) is 11.7 Å². The number of ether oxygens (including phenoxy) is 1. The van der Waals surface area contributed by atoms with Gasteiger partial charge in [-0.1, -0.05) is 0 Å². The van der Waals surface area contributed by atoms with E-state index in [1.807, 2.05) is 6.92 Å². The minimum absolute atomic E-state index is 0.00419. The number of hydrogen-bond donors (Lipinski definition) is 1. The van der Waals surface area contributed by atoms with Gasteiger partial charge in [0.15, 0.2) is 5.58 Å². The monoisotopic (exact) mass is 277 g/mol. The molecule has 0 radical (unpaired) electrons. The number of non-ortho nitro benzene ring substituents is 1. The van der Waals surface area contributed by atoms with Gasteiger partial charge in [-0.05, 0) is 25.8 Å². The minimum atomic E-state index is -0.448. The molecule has 0 saturated carbocycles. The van der Waals surface area contributed by atoms with Gasteiger partial charge in [-0.2, -0.15) is 4.98 Å². The smallest absolute Gasteiger partial charge is 0.295 e. The van der Waals surface area contributed by atoms with E-state index in [0.717, 1.165) is 19.4 Å². The van der Waals surface area contributed by atoms with Crippen molar-refractivity contribution in [3.8, 4) is 0 Å². The highest BCUT2D eigenvalue weighted by atomic mass is 16.6. The molecular weight excluding hydrogens is 262 g/mol. The van der Waals surface area contributed by atoms with Crippen molar-refractivity contribution in [3.05, 3.63) is 28.3 Å². The molecule has 1 aromatic carbocycles. The van der Waals surface area contributed by atoms with Crippen molar-refractivity contribution in [2.45, 2.75) is 31.9 Å². The highest BCUT2D eigenvalue weighted by Gasteiger charge is 2.23. The van der Waals surface area contributed by atoms with Gasteiger partial charge < -0.3 is 14.5 Å². The van der Waals surface area contributed by atoms with Crippen molar-refractivity contribution in [3.63, 3.8) is 0 Å². The SMILES string of the molecule is CC(Nc1nc2cc([N+](=O)[O-])ccc2o1)C1CCCO1. The standard InChI is InChI=1S/C13H15N3O4/c1-8(11-3-2-6-19-11)14-13-15-10-7-9(16(17)18)4-5-12(10)20-13/h4-5,7-8,11H,2-3,6H2,1H3,(H,14,15). The second-order valence-electron chi connectivity index (χ2n) is 4.91. The molecule has 3 rings (SSSR count). The van der Waals surface area contributed by atoms with Crippen LogP contribution in [0.15, 0.2) is 22.6 Å².